The molecule has 0 N–H and O–H groups in total. The van der Waals surface area contributed by atoms with E-state index in [1.807, 2.05) is 0 Å². The summed E-state index contributed by atoms with van der Waals surface area (Å²) in [6, 6.07) is 3.05. The molecule has 0 aromatic heterocycles. The maximum Gasteiger partial charge on any atom is 0.161 e. The number of rotatable bonds is 3. The second-order valence-electron chi connectivity index (χ2n) is 3.72. The lowest BCUT2D eigenvalue weighted by Gasteiger charge is -2.10. The summed E-state index contributed by atoms with van der Waals surface area (Å²) < 4.78 is 26.0. The highest BCUT2D eigenvalue weighted by Gasteiger charge is 2.10. The molecule has 0 fully saturated rings. The maximum atomic E-state index is 13.0. The third-order valence-electron chi connectivity index (χ3n) is 1.94. The molecule has 16 heavy (non-hydrogen) atoms. The minimum Gasteiger partial charge on any atom is -0.383 e. The Morgan fingerprint density at radius 1 is 1.19 bits per heavy atom. The Balaban J connectivity index is 3.27. The first-order valence-electron chi connectivity index (χ1n) is 4.76. The van der Waals surface area contributed by atoms with Crippen molar-refractivity contribution in [3.8, 4) is 0 Å². The molecule has 0 unspecified atom stereocenters. The molecule has 1 aromatic carbocycles. The molecule has 0 heterocycles. The lowest BCUT2D eigenvalue weighted by molar-refractivity contribution is -0.111. The molecule has 2 nitrogen and oxygen atoms in total. The normalized spacial score (nSPS) is 11.4. The van der Waals surface area contributed by atoms with Gasteiger partial charge in [-0.25, -0.2) is 8.78 Å². The van der Waals surface area contributed by atoms with E-state index in [0.29, 0.717) is 0 Å². The summed E-state index contributed by atoms with van der Waals surface area (Å²) in [6.45, 7) is 1.36. The van der Waals surface area contributed by atoms with Crippen molar-refractivity contribution in [2.75, 3.05) is 14.1 Å². The van der Waals surface area contributed by atoms with Gasteiger partial charge in [-0.2, -0.15) is 0 Å². The number of ketones is 1. The summed E-state index contributed by atoms with van der Waals surface area (Å²) in [5, 5.41) is 0. The predicted molar refractivity (Wildman–Crippen MR) is 58.7 cm³/mol. The van der Waals surface area contributed by atoms with E-state index in [4.69, 9.17) is 0 Å². The molecule has 0 aliphatic rings. The fraction of sp³-hybridized carbons (Fsp3) is 0.250. The molecule has 1 rings (SSSR count). The van der Waals surface area contributed by atoms with Gasteiger partial charge in [-0.15, -0.1) is 0 Å². The van der Waals surface area contributed by atoms with Gasteiger partial charge in [0.25, 0.3) is 0 Å². The quantitative estimate of drug-likeness (QED) is 0.736. The minimum atomic E-state index is -0.694. The first-order valence-corrected chi connectivity index (χ1v) is 4.76. The zero-order chi connectivity index (χ0) is 12.3. The highest BCUT2D eigenvalue weighted by molar-refractivity contribution is 6.19. The van der Waals surface area contributed by atoms with Crippen LogP contribution in [0.1, 0.15) is 12.5 Å². The Labute approximate surface area is 93.2 Å². The third-order valence-corrected chi connectivity index (χ3v) is 1.94. The number of Topliss-reactive ketones (excluding diaryl/α,β-unsaturated/α-hetero) is 1. The zero-order valence-corrected chi connectivity index (χ0v) is 9.42. The van der Waals surface area contributed by atoms with Crippen molar-refractivity contribution in [1.82, 2.24) is 4.90 Å². The smallest absolute Gasteiger partial charge is 0.161 e. The van der Waals surface area contributed by atoms with Gasteiger partial charge in [0.15, 0.2) is 5.78 Å². The van der Waals surface area contributed by atoms with Crippen LogP contribution in [0.4, 0.5) is 8.78 Å². The molecular weight excluding hydrogens is 212 g/mol. The van der Waals surface area contributed by atoms with Gasteiger partial charge in [0, 0.05) is 31.9 Å². The van der Waals surface area contributed by atoms with Gasteiger partial charge in [0.05, 0.1) is 0 Å². The molecule has 86 valence electrons. The molecule has 0 atom stereocenters. The van der Waals surface area contributed by atoms with E-state index in [9.17, 15) is 13.6 Å². The van der Waals surface area contributed by atoms with Gasteiger partial charge in [-0.3, -0.25) is 4.79 Å². The van der Waals surface area contributed by atoms with E-state index in [1.54, 1.807) is 19.0 Å². The molecule has 0 radical (unpaired) electrons. The predicted octanol–water partition coefficient (Wildman–Crippen LogP) is 2.46. The molecule has 0 bridgehead atoms. The van der Waals surface area contributed by atoms with Crippen LogP contribution in [-0.4, -0.2) is 24.8 Å². The summed E-state index contributed by atoms with van der Waals surface area (Å²) in [7, 11) is 3.47. The van der Waals surface area contributed by atoms with E-state index >= 15 is 0 Å². The summed E-state index contributed by atoms with van der Waals surface area (Å²) >= 11 is 0. The molecule has 0 amide bonds. The van der Waals surface area contributed by atoms with E-state index in [0.717, 1.165) is 18.2 Å². The van der Waals surface area contributed by atoms with Gasteiger partial charge in [0.2, 0.25) is 0 Å². The minimum absolute atomic E-state index is 0.237. The van der Waals surface area contributed by atoms with Crippen molar-refractivity contribution in [1.29, 1.82) is 0 Å². The Kier molecular flexibility index (Phi) is 3.77. The van der Waals surface area contributed by atoms with E-state index < -0.39 is 11.6 Å². The van der Waals surface area contributed by atoms with Crippen LogP contribution in [-0.2, 0) is 4.79 Å². The second-order valence-corrected chi connectivity index (χ2v) is 3.72. The average molecular weight is 225 g/mol. The van der Waals surface area contributed by atoms with Crippen molar-refractivity contribution < 1.29 is 13.6 Å². The molecule has 0 aliphatic heterocycles. The van der Waals surface area contributed by atoms with Gasteiger partial charge in [-0.05, 0) is 24.6 Å². The summed E-state index contributed by atoms with van der Waals surface area (Å²) in [4.78, 5) is 13.0. The maximum absolute atomic E-state index is 13.0. The Morgan fingerprint density at radius 2 is 1.69 bits per heavy atom. The fourth-order valence-corrected chi connectivity index (χ4v) is 1.34. The van der Waals surface area contributed by atoms with Crippen LogP contribution >= 0.6 is 0 Å². The van der Waals surface area contributed by atoms with Crippen LogP contribution in [0.25, 0.3) is 5.57 Å². The molecule has 0 spiro atoms. The van der Waals surface area contributed by atoms with E-state index in [1.165, 1.54) is 13.1 Å². The summed E-state index contributed by atoms with van der Waals surface area (Å²) in [5.41, 5.74) is 0.530. The van der Waals surface area contributed by atoms with Crippen molar-refractivity contribution >= 4 is 11.4 Å². The van der Waals surface area contributed by atoms with Crippen molar-refractivity contribution in [3.63, 3.8) is 0 Å². The van der Waals surface area contributed by atoms with Gasteiger partial charge >= 0.3 is 0 Å². The average Bonchev–Trinajstić information content (AvgIpc) is 2.11. The highest BCUT2D eigenvalue weighted by atomic mass is 19.1. The second kappa shape index (κ2) is 4.88. The Morgan fingerprint density at radius 3 is 2.06 bits per heavy atom. The monoisotopic (exact) mass is 225 g/mol. The van der Waals surface area contributed by atoms with Crippen molar-refractivity contribution in [2.24, 2.45) is 0 Å². The van der Waals surface area contributed by atoms with Crippen LogP contribution in [0.15, 0.2) is 24.4 Å². The summed E-state index contributed by atoms with van der Waals surface area (Å²) in [5.74, 6) is -1.62. The first kappa shape index (κ1) is 12.4. The number of hydrogen-bond donors (Lipinski definition) is 0. The number of hydrogen-bond acceptors (Lipinski definition) is 2. The van der Waals surface area contributed by atoms with Crippen LogP contribution in [0.5, 0.6) is 0 Å². The van der Waals surface area contributed by atoms with Crippen molar-refractivity contribution in [3.05, 3.63) is 41.6 Å². The SMILES string of the molecule is CC(=O)/C(=C/N(C)C)c1cc(F)cc(F)c1. The lowest BCUT2D eigenvalue weighted by atomic mass is 10.0. The molecule has 1 aromatic rings. The molecular formula is C12H13F2NO. The molecule has 0 saturated heterocycles. The standard InChI is InChI=1S/C12H13F2NO/c1-8(16)12(7-15(2)3)9-4-10(13)6-11(14)5-9/h4-7H,1-3H3/b12-7-. The topological polar surface area (TPSA) is 20.3 Å². The number of nitrogens with zero attached hydrogens (tertiary/aromatic N) is 1. The van der Waals surface area contributed by atoms with E-state index in [-0.39, 0.29) is 16.9 Å². The number of carbonyl (C=O) groups excluding carboxylic acids is 1. The van der Waals surface area contributed by atoms with Crippen LogP contribution in [0, 0.1) is 11.6 Å². The number of carbonyl (C=O) groups is 1. The molecule has 4 heteroatoms. The van der Waals surface area contributed by atoms with Gasteiger partial charge in [0.1, 0.15) is 11.6 Å². The number of halogens is 2. The van der Waals surface area contributed by atoms with E-state index in [2.05, 4.69) is 0 Å². The summed E-state index contributed by atoms with van der Waals surface area (Å²) in [6.07, 6.45) is 1.54. The third kappa shape index (κ3) is 3.15. The Bertz CT molecular complexity index is 418. The fourth-order valence-electron chi connectivity index (χ4n) is 1.34. The van der Waals surface area contributed by atoms with Gasteiger partial charge in [-0.1, -0.05) is 0 Å². The molecule has 0 saturated carbocycles. The van der Waals surface area contributed by atoms with Crippen LogP contribution < -0.4 is 0 Å². The molecule has 0 aliphatic carbocycles. The largest absolute Gasteiger partial charge is 0.383 e. The van der Waals surface area contributed by atoms with Crippen LogP contribution in [0.2, 0.25) is 0 Å². The number of benzene rings is 1. The zero-order valence-electron chi connectivity index (χ0n) is 9.42. The lowest BCUT2D eigenvalue weighted by Crippen LogP contribution is -2.07. The van der Waals surface area contributed by atoms with Crippen molar-refractivity contribution in [2.45, 2.75) is 6.92 Å². The highest BCUT2D eigenvalue weighted by Crippen LogP contribution is 2.18. The van der Waals surface area contributed by atoms with Crippen LogP contribution in [0.3, 0.4) is 0 Å². The van der Waals surface area contributed by atoms with Gasteiger partial charge < -0.3 is 4.90 Å². The Hall–Kier alpha value is -1.71. The number of allylic oxidation sites excluding steroid dienone is 1. The first-order chi connectivity index (χ1) is 7.40.